The summed E-state index contributed by atoms with van der Waals surface area (Å²) in [5, 5.41) is 9.95. The van der Waals surface area contributed by atoms with Gasteiger partial charge in [-0.1, -0.05) is 6.07 Å². The molecule has 9 heteroatoms. The van der Waals surface area contributed by atoms with Crippen LogP contribution in [0.25, 0.3) is 0 Å². The van der Waals surface area contributed by atoms with Gasteiger partial charge in [-0.05, 0) is 40.1 Å². The number of aryl methyl sites for hydroxylation is 1. The van der Waals surface area contributed by atoms with Crippen molar-refractivity contribution >= 4 is 0 Å². The van der Waals surface area contributed by atoms with Crippen molar-refractivity contribution < 1.29 is 18.9 Å². The molecule has 1 unspecified atom stereocenters. The molecule has 9 nitrogen and oxygen atoms in total. The van der Waals surface area contributed by atoms with Crippen molar-refractivity contribution in [1.82, 2.24) is 9.47 Å². The second-order valence-corrected chi connectivity index (χ2v) is 8.03. The normalized spacial score (nSPS) is 15.0. The van der Waals surface area contributed by atoms with Crippen LogP contribution in [0.15, 0.2) is 34.4 Å². The molecule has 1 aromatic carbocycles. The number of nitrogens with two attached hydrogens (primary N) is 1. The van der Waals surface area contributed by atoms with Gasteiger partial charge in [-0.3, -0.25) is 4.79 Å². The van der Waals surface area contributed by atoms with Gasteiger partial charge in [0.1, 0.15) is 17.4 Å². The Morgan fingerprint density at radius 1 is 1.18 bits per heavy atom. The molecule has 2 heterocycles. The average Bonchev–Trinajstić information content (AvgIpc) is 2.78. The largest absolute Gasteiger partial charge is 0.493 e. The van der Waals surface area contributed by atoms with Crippen LogP contribution < -0.4 is 30.2 Å². The number of aromatic nitrogens is 1. The number of hydrogen-bond acceptors (Lipinski definition) is 8. The molecular formula is C24H30N4O5. The van der Waals surface area contributed by atoms with Gasteiger partial charge < -0.3 is 34.1 Å². The number of nitriles is 1. The monoisotopic (exact) mass is 454 g/mol. The first-order chi connectivity index (χ1) is 15.8. The van der Waals surface area contributed by atoms with E-state index in [9.17, 15) is 10.1 Å². The number of hydrogen-bond donors (Lipinski definition) is 1. The molecule has 1 aromatic heterocycles. The van der Waals surface area contributed by atoms with Crippen LogP contribution >= 0.6 is 0 Å². The third kappa shape index (κ3) is 4.34. The summed E-state index contributed by atoms with van der Waals surface area (Å²) in [4.78, 5) is 15.8. The molecule has 1 aliphatic rings. The second-order valence-electron chi connectivity index (χ2n) is 8.03. The standard InChI is InChI=1S/C24H30N4O5/c1-14-12-18-20(24(29)28(14)11-7-10-27(2)3)19(16(13-25)23(26)33-18)15-8-9-17(30-4)22(32-6)21(15)31-5/h8-9,12,19H,7,10-11,26H2,1-6H3. The fraction of sp³-hybridized carbons (Fsp3) is 0.417. The molecule has 33 heavy (non-hydrogen) atoms. The maximum atomic E-state index is 13.7. The third-order valence-electron chi connectivity index (χ3n) is 5.72. The Bertz CT molecular complexity index is 1180. The fourth-order valence-corrected chi connectivity index (χ4v) is 4.17. The second kappa shape index (κ2) is 9.88. The van der Waals surface area contributed by atoms with Gasteiger partial charge in [0.05, 0.1) is 32.8 Å². The Labute approximate surface area is 193 Å². The predicted molar refractivity (Wildman–Crippen MR) is 124 cm³/mol. The predicted octanol–water partition coefficient (Wildman–Crippen LogP) is 2.35. The summed E-state index contributed by atoms with van der Waals surface area (Å²) in [6, 6.07) is 7.37. The Morgan fingerprint density at radius 2 is 1.88 bits per heavy atom. The Hall–Kier alpha value is -3.64. The van der Waals surface area contributed by atoms with E-state index in [0.717, 1.165) is 18.7 Å². The van der Waals surface area contributed by atoms with Crippen molar-refractivity contribution in [2.24, 2.45) is 5.73 Å². The molecule has 2 N–H and O–H groups in total. The molecule has 0 spiro atoms. The van der Waals surface area contributed by atoms with Gasteiger partial charge in [0.15, 0.2) is 11.5 Å². The van der Waals surface area contributed by atoms with Crippen LogP contribution in [0.4, 0.5) is 0 Å². The zero-order valence-corrected chi connectivity index (χ0v) is 19.9. The maximum Gasteiger partial charge on any atom is 0.258 e. The van der Waals surface area contributed by atoms with E-state index in [2.05, 4.69) is 11.0 Å². The Morgan fingerprint density at radius 3 is 2.45 bits per heavy atom. The van der Waals surface area contributed by atoms with Crippen molar-refractivity contribution in [2.45, 2.75) is 25.8 Å². The Balaban J connectivity index is 2.28. The highest BCUT2D eigenvalue weighted by molar-refractivity contribution is 5.64. The first-order valence-corrected chi connectivity index (χ1v) is 10.5. The minimum Gasteiger partial charge on any atom is -0.493 e. The third-order valence-corrected chi connectivity index (χ3v) is 5.72. The molecule has 3 rings (SSSR count). The molecule has 0 saturated carbocycles. The number of ether oxygens (including phenoxy) is 4. The lowest BCUT2D eigenvalue weighted by molar-refractivity contribution is 0.321. The summed E-state index contributed by atoms with van der Waals surface area (Å²) in [6.45, 7) is 3.22. The van der Waals surface area contributed by atoms with Gasteiger partial charge >= 0.3 is 0 Å². The molecular weight excluding hydrogens is 424 g/mol. The summed E-state index contributed by atoms with van der Waals surface area (Å²) in [5.41, 5.74) is 7.67. The molecule has 0 radical (unpaired) electrons. The molecule has 0 amide bonds. The molecule has 0 aliphatic carbocycles. The van der Waals surface area contributed by atoms with Gasteiger partial charge in [-0.25, -0.2) is 0 Å². The molecule has 2 aromatic rings. The van der Waals surface area contributed by atoms with Gasteiger partial charge in [0.25, 0.3) is 5.56 Å². The van der Waals surface area contributed by atoms with E-state index in [4.69, 9.17) is 24.7 Å². The van der Waals surface area contributed by atoms with Gasteiger partial charge in [0, 0.05) is 23.9 Å². The SMILES string of the molecule is COc1ccc(C2C(C#N)=C(N)Oc3cc(C)n(CCCN(C)C)c(=O)c32)c(OC)c1OC. The molecule has 1 aliphatic heterocycles. The quantitative estimate of drug-likeness (QED) is 0.647. The topological polar surface area (TPSA) is 112 Å². The maximum absolute atomic E-state index is 13.7. The lowest BCUT2D eigenvalue weighted by atomic mass is 9.83. The van der Waals surface area contributed by atoms with Crippen LogP contribution in [-0.2, 0) is 6.54 Å². The number of methoxy groups -OCH3 is 3. The van der Waals surface area contributed by atoms with E-state index in [1.807, 2.05) is 21.0 Å². The van der Waals surface area contributed by atoms with Crippen LogP contribution in [0.2, 0.25) is 0 Å². The number of pyridine rings is 1. The summed E-state index contributed by atoms with van der Waals surface area (Å²) in [6.07, 6.45) is 0.792. The number of rotatable bonds is 8. The molecule has 176 valence electrons. The van der Waals surface area contributed by atoms with Crippen molar-refractivity contribution in [3.8, 4) is 29.1 Å². The van der Waals surface area contributed by atoms with Gasteiger partial charge in [0.2, 0.25) is 11.6 Å². The smallest absolute Gasteiger partial charge is 0.258 e. The highest BCUT2D eigenvalue weighted by Crippen LogP contribution is 2.48. The van der Waals surface area contributed by atoms with Crippen molar-refractivity contribution in [3.63, 3.8) is 0 Å². The molecule has 0 fully saturated rings. The highest BCUT2D eigenvalue weighted by Gasteiger charge is 2.37. The van der Waals surface area contributed by atoms with Gasteiger partial charge in [-0.2, -0.15) is 5.26 Å². The summed E-state index contributed by atoms with van der Waals surface area (Å²) >= 11 is 0. The van der Waals surface area contributed by atoms with Crippen LogP contribution in [0.5, 0.6) is 23.0 Å². The first kappa shape index (κ1) is 24.0. The number of benzene rings is 1. The van der Waals surface area contributed by atoms with E-state index in [1.54, 1.807) is 22.8 Å². The van der Waals surface area contributed by atoms with E-state index >= 15 is 0 Å². The number of fused-ring (bicyclic) bond motifs is 1. The summed E-state index contributed by atoms with van der Waals surface area (Å²) < 4.78 is 24.0. The highest BCUT2D eigenvalue weighted by atomic mass is 16.5. The Kier molecular flexibility index (Phi) is 7.19. The average molecular weight is 455 g/mol. The van der Waals surface area contributed by atoms with E-state index < -0.39 is 5.92 Å². The van der Waals surface area contributed by atoms with E-state index in [1.165, 1.54) is 21.3 Å². The van der Waals surface area contributed by atoms with Crippen LogP contribution in [-0.4, -0.2) is 51.4 Å². The zero-order chi connectivity index (χ0) is 24.3. The zero-order valence-electron chi connectivity index (χ0n) is 19.9. The van der Waals surface area contributed by atoms with Crippen molar-refractivity contribution in [1.29, 1.82) is 5.26 Å². The molecule has 0 saturated heterocycles. The van der Waals surface area contributed by atoms with Crippen molar-refractivity contribution in [3.05, 3.63) is 56.8 Å². The van der Waals surface area contributed by atoms with Crippen LogP contribution in [0.1, 0.15) is 29.2 Å². The van der Waals surface area contributed by atoms with Crippen LogP contribution in [0, 0.1) is 18.3 Å². The summed E-state index contributed by atoms with van der Waals surface area (Å²) in [5.74, 6) is 0.678. The van der Waals surface area contributed by atoms with Gasteiger partial charge in [-0.15, -0.1) is 0 Å². The van der Waals surface area contributed by atoms with Crippen molar-refractivity contribution in [2.75, 3.05) is 42.0 Å². The first-order valence-electron chi connectivity index (χ1n) is 10.5. The van der Waals surface area contributed by atoms with E-state index in [-0.39, 0.29) is 17.0 Å². The van der Waals surface area contributed by atoms with Crippen LogP contribution in [0.3, 0.4) is 0 Å². The lowest BCUT2D eigenvalue weighted by Gasteiger charge is -2.29. The number of allylic oxidation sites excluding steroid dienone is 1. The number of nitrogens with zero attached hydrogens (tertiary/aromatic N) is 3. The summed E-state index contributed by atoms with van der Waals surface area (Å²) in [7, 11) is 8.49. The minimum atomic E-state index is -0.790. The minimum absolute atomic E-state index is 0.0454. The van der Waals surface area contributed by atoms with E-state index in [0.29, 0.717) is 40.7 Å². The molecule has 1 atom stereocenters. The lowest BCUT2D eigenvalue weighted by Crippen LogP contribution is -2.33. The molecule has 0 bridgehead atoms. The fourth-order valence-electron chi connectivity index (χ4n) is 4.17.